The van der Waals surface area contributed by atoms with Crippen molar-refractivity contribution in [3.63, 3.8) is 0 Å². The van der Waals surface area contributed by atoms with E-state index in [2.05, 4.69) is 34.4 Å². The van der Waals surface area contributed by atoms with E-state index in [0.717, 1.165) is 50.7 Å². The van der Waals surface area contributed by atoms with Crippen LogP contribution in [0, 0.1) is 5.82 Å². The van der Waals surface area contributed by atoms with E-state index in [9.17, 15) is 4.39 Å². The summed E-state index contributed by atoms with van der Waals surface area (Å²) in [6.45, 7) is 11.9. The quantitative estimate of drug-likeness (QED) is 0.249. The lowest BCUT2D eigenvalue weighted by Crippen LogP contribution is -2.38. The van der Waals surface area contributed by atoms with Crippen molar-refractivity contribution in [3.8, 4) is 0 Å². The van der Waals surface area contributed by atoms with E-state index in [-0.39, 0.29) is 29.8 Å². The number of nitrogens with zero attached hydrogens (tertiary/aromatic N) is 2. The molecule has 24 heavy (non-hydrogen) atoms. The van der Waals surface area contributed by atoms with Gasteiger partial charge >= 0.3 is 0 Å². The number of nitrogens with one attached hydrogen (secondary N) is 2. The third-order valence-corrected chi connectivity index (χ3v) is 3.79. The predicted octanol–water partition coefficient (Wildman–Crippen LogP) is 3.27. The van der Waals surface area contributed by atoms with Gasteiger partial charge in [-0.1, -0.05) is 32.0 Å². The topological polar surface area (TPSA) is 39.7 Å². The van der Waals surface area contributed by atoms with Gasteiger partial charge in [0.15, 0.2) is 5.96 Å². The number of aliphatic imine (C=N–C) groups is 1. The second-order valence-electron chi connectivity index (χ2n) is 5.41. The van der Waals surface area contributed by atoms with Crippen molar-refractivity contribution in [1.82, 2.24) is 15.5 Å². The van der Waals surface area contributed by atoms with Gasteiger partial charge in [-0.2, -0.15) is 0 Å². The monoisotopic (exact) mass is 450 g/mol. The van der Waals surface area contributed by atoms with Gasteiger partial charge in [0.05, 0.1) is 0 Å². The Labute approximate surface area is 163 Å². The van der Waals surface area contributed by atoms with Crippen LogP contribution in [0.1, 0.15) is 32.8 Å². The number of guanidine groups is 1. The average Bonchev–Trinajstić information content (AvgIpc) is 2.56. The van der Waals surface area contributed by atoms with Crippen LogP contribution >= 0.6 is 24.0 Å². The molecule has 0 unspecified atom stereocenters. The molecule has 138 valence electrons. The summed E-state index contributed by atoms with van der Waals surface area (Å²) in [6, 6.07) is 6.91. The van der Waals surface area contributed by atoms with Crippen LogP contribution in [0.2, 0.25) is 0 Å². The first-order valence-corrected chi connectivity index (χ1v) is 8.69. The molecule has 6 heteroatoms. The van der Waals surface area contributed by atoms with Crippen LogP contribution in [0.4, 0.5) is 4.39 Å². The number of hydrogen-bond acceptors (Lipinski definition) is 2. The molecule has 0 radical (unpaired) electrons. The van der Waals surface area contributed by atoms with E-state index in [1.807, 2.05) is 19.1 Å². The van der Waals surface area contributed by atoms with Crippen LogP contribution in [0.5, 0.6) is 0 Å². The van der Waals surface area contributed by atoms with E-state index < -0.39 is 0 Å². The summed E-state index contributed by atoms with van der Waals surface area (Å²) in [4.78, 5) is 6.98. The number of rotatable bonds is 10. The molecule has 0 fully saturated rings. The van der Waals surface area contributed by atoms with Gasteiger partial charge in [-0.3, -0.25) is 4.99 Å². The number of hydrogen-bond donors (Lipinski definition) is 2. The first kappa shape index (κ1) is 23.1. The maximum absolute atomic E-state index is 13.6. The Morgan fingerprint density at radius 3 is 2.46 bits per heavy atom. The Bertz CT molecular complexity index is 464. The van der Waals surface area contributed by atoms with Gasteiger partial charge in [0.25, 0.3) is 0 Å². The Morgan fingerprint density at radius 1 is 1.12 bits per heavy atom. The van der Waals surface area contributed by atoms with E-state index in [1.165, 1.54) is 6.07 Å². The van der Waals surface area contributed by atoms with Crippen molar-refractivity contribution < 1.29 is 4.39 Å². The lowest BCUT2D eigenvalue weighted by atomic mass is 10.1. The zero-order valence-corrected chi connectivity index (χ0v) is 17.5. The molecule has 0 heterocycles. The van der Waals surface area contributed by atoms with Crippen molar-refractivity contribution in [1.29, 1.82) is 0 Å². The van der Waals surface area contributed by atoms with E-state index in [0.29, 0.717) is 13.0 Å². The third-order valence-electron chi connectivity index (χ3n) is 3.79. The van der Waals surface area contributed by atoms with Crippen LogP contribution in [-0.4, -0.2) is 50.1 Å². The fraction of sp³-hybridized carbons (Fsp3) is 0.611. The molecule has 1 rings (SSSR count). The lowest BCUT2D eigenvalue weighted by molar-refractivity contribution is 0.302. The molecule has 0 saturated carbocycles. The minimum atomic E-state index is -0.143. The Morgan fingerprint density at radius 2 is 1.83 bits per heavy atom. The standard InChI is InChI=1S/C18H31FN4.HI/c1-4-20-18(21-13-9-15-23(5-2)6-3)22-14-12-16-10-7-8-11-17(16)19;/h7-8,10-11H,4-6,9,12-15H2,1-3H3,(H2,20,21,22);1H. The number of halogens is 2. The van der Waals surface area contributed by atoms with Crippen molar-refractivity contribution >= 4 is 29.9 Å². The van der Waals surface area contributed by atoms with Crippen molar-refractivity contribution in [3.05, 3.63) is 35.6 Å². The molecular weight excluding hydrogens is 418 g/mol. The summed E-state index contributed by atoms with van der Waals surface area (Å²) in [7, 11) is 0. The zero-order chi connectivity index (χ0) is 16.9. The van der Waals surface area contributed by atoms with Gasteiger partial charge in [0.2, 0.25) is 0 Å². The fourth-order valence-electron chi connectivity index (χ4n) is 2.38. The van der Waals surface area contributed by atoms with Gasteiger partial charge < -0.3 is 15.5 Å². The van der Waals surface area contributed by atoms with Crippen LogP contribution < -0.4 is 10.6 Å². The normalized spacial score (nSPS) is 11.3. The molecule has 0 spiro atoms. The Hall–Kier alpha value is -0.890. The summed E-state index contributed by atoms with van der Waals surface area (Å²) < 4.78 is 13.6. The molecule has 0 atom stereocenters. The van der Waals surface area contributed by atoms with E-state index in [1.54, 1.807) is 6.07 Å². The maximum Gasteiger partial charge on any atom is 0.191 e. The molecule has 0 aliphatic carbocycles. The van der Waals surface area contributed by atoms with Crippen LogP contribution in [0.3, 0.4) is 0 Å². The van der Waals surface area contributed by atoms with Gasteiger partial charge in [-0.05, 0) is 51.0 Å². The summed E-state index contributed by atoms with van der Waals surface area (Å²) >= 11 is 0. The van der Waals surface area contributed by atoms with Gasteiger partial charge in [-0.15, -0.1) is 24.0 Å². The first-order valence-electron chi connectivity index (χ1n) is 8.69. The second-order valence-corrected chi connectivity index (χ2v) is 5.41. The summed E-state index contributed by atoms with van der Waals surface area (Å²) in [5.41, 5.74) is 0.734. The zero-order valence-electron chi connectivity index (χ0n) is 15.1. The van der Waals surface area contributed by atoms with Gasteiger partial charge in [0.1, 0.15) is 5.82 Å². The largest absolute Gasteiger partial charge is 0.357 e. The molecule has 0 bridgehead atoms. The lowest BCUT2D eigenvalue weighted by Gasteiger charge is -2.17. The third kappa shape index (κ3) is 9.42. The highest BCUT2D eigenvalue weighted by Gasteiger charge is 2.02. The average molecular weight is 450 g/mol. The Balaban J connectivity index is 0.00000529. The predicted molar refractivity (Wildman–Crippen MR) is 112 cm³/mol. The molecule has 0 aromatic heterocycles. The van der Waals surface area contributed by atoms with Gasteiger partial charge in [-0.25, -0.2) is 4.39 Å². The van der Waals surface area contributed by atoms with Crippen molar-refractivity contribution in [2.45, 2.75) is 33.6 Å². The van der Waals surface area contributed by atoms with Crippen LogP contribution in [0.15, 0.2) is 29.3 Å². The molecular formula is C18H32FIN4. The maximum atomic E-state index is 13.6. The van der Waals surface area contributed by atoms with Crippen LogP contribution in [-0.2, 0) is 6.42 Å². The van der Waals surface area contributed by atoms with Crippen molar-refractivity contribution in [2.75, 3.05) is 39.3 Å². The summed E-state index contributed by atoms with van der Waals surface area (Å²) in [5, 5.41) is 6.50. The summed E-state index contributed by atoms with van der Waals surface area (Å²) in [5.74, 6) is 0.666. The summed E-state index contributed by atoms with van der Waals surface area (Å²) in [6.07, 6.45) is 1.70. The van der Waals surface area contributed by atoms with Crippen molar-refractivity contribution in [2.24, 2.45) is 4.99 Å². The molecule has 1 aromatic rings. The highest BCUT2D eigenvalue weighted by molar-refractivity contribution is 14.0. The minimum Gasteiger partial charge on any atom is -0.357 e. The number of benzene rings is 1. The van der Waals surface area contributed by atoms with Crippen LogP contribution in [0.25, 0.3) is 0 Å². The van der Waals surface area contributed by atoms with E-state index in [4.69, 9.17) is 0 Å². The molecule has 1 aromatic carbocycles. The highest BCUT2D eigenvalue weighted by atomic mass is 127. The minimum absolute atomic E-state index is 0. The molecule has 2 N–H and O–H groups in total. The molecule has 4 nitrogen and oxygen atoms in total. The molecule has 0 amide bonds. The molecule has 0 saturated heterocycles. The second kappa shape index (κ2) is 14.5. The SMILES string of the molecule is CCNC(=NCCCN(CC)CC)NCCc1ccccc1F.I. The first-order chi connectivity index (χ1) is 11.2. The highest BCUT2D eigenvalue weighted by Crippen LogP contribution is 2.06. The Kier molecular flexibility index (Phi) is 13.9. The van der Waals surface area contributed by atoms with Gasteiger partial charge in [0, 0.05) is 19.6 Å². The van der Waals surface area contributed by atoms with E-state index >= 15 is 0 Å². The molecule has 0 aliphatic heterocycles. The fourth-order valence-corrected chi connectivity index (χ4v) is 2.38. The molecule has 0 aliphatic rings. The smallest absolute Gasteiger partial charge is 0.191 e.